The molecule has 1 unspecified atom stereocenters. The number of rotatable bonds is 7. The lowest BCUT2D eigenvalue weighted by Crippen LogP contribution is -2.37. The van der Waals surface area contributed by atoms with Gasteiger partial charge in [0.2, 0.25) is 0 Å². The average Bonchev–Trinajstić information content (AvgIpc) is 3.52. The molecule has 1 aliphatic heterocycles. The van der Waals surface area contributed by atoms with E-state index in [2.05, 4.69) is 40.8 Å². The van der Waals surface area contributed by atoms with Crippen LogP contribution in [0.5, 0.6) is 0 Å². The van der Waals surface area contributed by atoms with E-state index in [0.717, 1.165) is 66.1 Å². The van der Waals surface area contributed by atoms with Gasteiger partial charge in [-0.25, -0.2) is 4.68 Å². The number of hydrogen-bond donors (Lipinski definition) is 1. The Morgan fingerprint density at radius 1 is 1.08 bits per heavy atom. The molecular formula is C28H31N7OS. The highest BCUT2D eigenvalue weighted by Crippen LogP contribution is 2.47. The monoisotopic (exact) mass is 513 g/mol. The summed E-state index contributed by atoms with van der Waals surface area (Å²) in [6, 6.07) is 13.1. The molecule has 1 saturated carbocycles. The molecule has 1 fully saturated rings. The van der Waals surface area contributed by atoms with Crippen LogP contribution in [0.1, 0.15) is 71.5 Å². The number of fused-ring (bicyclic) bond motifs is 1. The number of nitriles is 2. The number of aromatic nitrogens is 4. The van der Waals surface area contributed by atoms with Gasteiger partial charge in [-0.2, -0.15) is 20.7 Å². The summed E-state index contributed by atoms with van der Waals surface area (Å²) in [5, 5.41) is 37.8. The molecule has 0 spiro atoms. The van der Waals surface area contributed by atoms with E-state index in [-0.39, 0.29) is 11.9 Å². The van der Waals surface area contributed by atoms with Gasteiger partial charge in [-0.3, -0.25) is 4.68 Å². The largest absolute Gasteiger partial charge is 0.395 e. The molecule has 0 bridgehead atoms. The van der Waals surface area contributed by atoms with Crippen LogP contribution in [0.3, 0.4) is 0 Å². The number of nitrogens with zero attached hydrogens (tertiary/aromatic N) is 7. The second-order valence-corrected chi connectivity index (χ2v) is 11.1. The van der Waals surface area contributed by atoms with Crippen molar-refractivity contribution in [2.75, 3.05) is 20.2 Å². The van der Waals surface area contributed by atoms with Gasteiger partial charge < -0.3 is 10.0 Å². The maximum absolute atomic E-state index is 9.71. The number of benzene rings is 1. The molecule has 2 aromatic heterocycles. The summed E-state index contributed by atoms with van der Waals surface area (Å²) in [6.07, 6.45) is 10.7. The van der Waals surface area contributed by atoms with Gasteiger partial charge in [-0.1, -0.05) is 12.1 Å². The van der Waals surface area contributed by atoms with Crippen molar-refractivity contribution in [3.05, 3.63) is 64.7 Å². The molecule has 9 heteroatoms. The third-order valence-corrected chi connectivity index (χ3v) is 8.98. The first-order valence-corrected chi connectivity index (χ1v) is 13.6. The fourth-order valence-corrected chi connectivity index (χ4v) is 6.97. The summed E-state index contributed by atoms with van der Waals surface area (Å²) in [5.41, 5.74) is 5.47. The van der Waals surface area contributed by atoms with E-state index in [4.69, 9.17) is 5.10 Å². The maximum atomic E-state index is 9.71. The maximum Gasteiger partial charge on any atom is 0.103 e. The quantitative estimate of drug-likeness (QED) is 0.485. The minimum Gasteiger partial charge on any atom is -0.395 e. The Morgan fingerprint density at radius 3 is 2.57 bits per heavy atom. The van der Waals surface area contributed by atoms with E-state index < -0.39 is 0 Å². The molecule has 3 heterocycles. The number of thioether (sulfide) groups is 1. The Balaban J connectivity index is 1.40. The van der Waals surface area contributed by atoms with Crippen molar-refractivity contribution in [2.24, 2.45) is 0 Å². The number of likely N-dealkylation sites (N-methyl/N-ethyl adjacent to an activating group) is 1. The minimum absolute atomic E-state index is 0.0492. The number of aliphatic hydroxyl groups excluding tert-OH is 1. The van der Waals surface area contributed by atoms with Crippen LogP contribution in [0, 0.1) is 29.6 Å². The highest BCUT2D eigenvalue weighted by molar-refractivity contribution is 7.99. The third kappa shape index (κ3) is 4.95. The zero-order valence-corrected chi connectivity index (χ0v) is 22.0. The number of hydrogen-bond acceptors (Lipinski definition) is 7. The second kappa shape index (κ2) is 10.9. The highest BCUT2D eigenvalue weighted by atomic mass is 32.2. The number of aliphatic hydroxyl groups is 1. The molecule has 37 heavy (non-hydrogen) atoms. The van der Waals surface area contributed by atoms with E-state index in [1.165, 1.54) is 0 Å². The van der Waals surface area contributed by atoms with Crippen LogP contribution >= 0.6 is 11.8 Å². The minimum atomic E-state index is -0.0492. The summed E-state index contributed by atoms with van der Waals surface area (Å²) >= 11 is 1.61. The lowest BCUT2D eigenvalue weighted by Gasteiger charge is -2.35. The van der Waals surface area contributed by atoms with Gasteiger partial charge in [0, 0.05) is 34.9 Å². The molecule has 2 aliphatic rings. The normalized spacial score (nSPS) is 21.2. The van der Waals surface area contributed by atoms with Gasteiger partial charge in [0.15, 0.2) is 0 Å². The van der Waals surface area contributed by atoms with E-state index in [1.54, 1.807) is 18.0 Å². The molecule has 0 saturated heterocycles. The van der Waals surface area contributed by atoms with Crippen LogP contribution in [0.25, 0.3) is 11.8 Å². The molecule has 5 rings (SSSR count). The van der Waals surface area contributed by atoms with Crippen molar-refractivity contribution in [2.45, 2.75) is 61.3 Å². The predicted molar refractivity (Wildman–Crippen MR) is 143 cm³/mol. The fourth-order valence-electron chi connectivity index (χ4n) is 5.66. The summed E-state index contributed by atoms with van der Waals surface area (Å²) in [4.78, 5) is 3.17. The lowest BCUT2D eigenvalue weighted by atomic mass is 9.90. The van der Waals surface area contributed by atoms with E-state index >= 15 is 0 Å². The first kappa shape index (κ1) is 25.3. The van der Waals surface area contributed by atoms with Crippen LogP contribution in [0.4, 0.5) is 0 Å². The summed E-state index contributed by atoms with van der Waals surface area (Å²) < 4.78 is 4.01. The molecule has 1 atom stereocenters. The van der Waals surface area contributed by atoms with E-state index in [1.807, 2.05) is 41.3 Å². The van der Waals surface area contributed by atoms with Crippen molar-refractivity contribution in [1.82, 2.24) is 24.5 Å². The topological polar surface area (TPSA) is 107 Å². The van der Waals surface area contributed by atoms with Crippen LogP contribution in [0.15, 0.2) is 41.6 Å². The number of allylic oxidation sites excluding steroid dienone is 1. The molecule has 3 aromatic rings. The SMILES string of the molecule is Cc1c(C2=Cn3ncc(C#N)c3C(Sc3ccccc3C#N)C2)cnn1[C@H]1CC[C@@H](N(C)CCO)CC1. The molecule has 0 radical (unpaired) electrons. The van der Waals surface area contributed by atoms with E-state index in [9.17, 15) is 15.6 Å². The van der Waals surface area contributed by atoms with Crippen molar-refractivity contribution in [1.29, 1.82) is 10.5 Å². The standard InChI is InChI=1S/C28H31N7OS/c1-19-25(17-32-35(19)24-9-7-23(8-10-24)33(2)11-12-36)21-13-27(28-22(15-30)16-31-34(28)18-21)37-26-6-4-3-5-20(26)14-29/h3-6,16-18,23-24,27,36H,7-13H2,1-2H3/t23-,24+,27?. The Bertz CT molecular complexity index is 1380. The molecule has 0 amide bonds. The molecule has 190 valence electrons. The summed E-state index contributed by atoms with van der Waals surface area (Å²) in [5.74, 6) is 0. The Labute approximate surface area is 221 Å². The summed E-state index contributed by atoms with van der Waals surface area (Å²) in [7, 11) is 2.10. The van der Waals surface area contributed by atoms with Crippen LogP contribution in [-0.4, -0.2) is 55.8 Å². The molecule has 1 aromatic carbocycles. The van der Waals surface area contributed by atoms with Gasteiger partial charge in [0.05, 0.1) is 47.1 Å². The third-order valence-electron chi connectivity index (χ3n) is 7.70. The Morgan fingerprint density at radius 2 is 1.84 bits per heavy atom. The predicted octanol–water partition coefficient (Wildman–Crippen LogP) is 4.77. The smallest absolute Gasteiger partial charge is 0.103 e. The van der Waals surface area contributed by atoms with Gasteiger partial charge in [-0.05, 0) is 63.8 Å². The van der Waals surface area contributed by atoms with Gasteiger partial charge in [-0.15, -0.1) is 11.8 Å². The molecule has 1 N–H and O–H groups in total. The van der Waals surface area contributed by atoms with Gasteiger partial charge in [0.25, 0.3) is 0 Å². The van der Waals surface area contributed by atoms with Gasteiger partial charge in [0.1, 0.15) is 12.1 Å². The zero-order chi connectivity index (χ0) is 25.9. The fraction of sp³-hybridized carbons (Fsp3) is 0.429. The highest BCUT2D eigenvalue weighted by Gasteiger charge is 2.31. The van der Waals surface area contributed by atoms with Crippen molar-refractivity contribution in [3.63, 3.8) is 0 Å². The Hall–Kier alpha value is -3.37. The first-order chi connectivity index (χ1) is 18.0. The zero-order valence-electron chi connectivity index (χ0n) is 21.2. The molecule has 8 nitrogen and oxygen atoms in total. The van der Waals surface area contributed by atoms with Crippen molar-refractivity contribution >= 4 is 23.5 Å². The average molecular weight is 514 g/mol. The van der Waals surface area contributed by atoms with Crippen LogP contribution in [0.2, 0.25) is 0 Å². The lowest BCUT2D eigenvalue weighted by molar-refractivity contribution is 0.134. The summed E-state index contributed by atoms with van der Waals surface area (Å²) in [6.45, 7) is 3.05. The van der Waals surface area contributed by atoms with Crippen LogP contribution in [-0.2, 0) is 0 Å². The van der Waals surface area contributed by atoms with Crippen molar-refractivity contribution in [3.8, 4) is 12.1 Å². The van der Waals surface area contributed by atoms with Gasteiger partial charge >= 0.3 is 0 Å². The van der Waals surface area contributed by atoms with Crippen molar-refractivity contribution < 1.29 is 5.11 Å². The Kier molecular flexibility index (Phi) is 7.48. The first-order valence-electron chi connectivity index (χ1n) is 12.7. The molecule has 1 aliphatic carbocycles. The van der Waals surface area contributed by atoms with E-state index in [0.29, 0.717) is 23.2 Å². The second-order valence-electron chi connectivity index (χ2n) is 9.83. The molecular weight excluding hydrogens is 482 g/mol. The van der Waals surface area contributed by atoms with Crippen LogP contribution < -0.4 is 0 Å².